The molecule has 21 heavy (non-hydrogen) atoms. The third-order valence-corrected chi connectivity index (χ3v) is 4.79. The molecule has 0 fully saturated rings. The molecule has 0 saturated carbocycles. The maximum absolute atomic E-state index is 10.9. The topological polar surface area (TPSA) is 59.7 Å². The van der Waals surface area contributed by atoms with E-state index in [0.29, 0.717) is 5.76 Å². The van der Waals surface area contributed by atoms with Gasteiger partial charge in [0, 0.05) is 10.0 Å². The normalized spacial score (nSPS) is 10.7. The van der Waals surface area contributed by atoms with Crippen molar-refractivity contribution in [2.24, 2.45) is 0 Å². The van der Waals surface area contributed by atoms with Gasteiger partial charge in [0.15, 0.2) is 0 Å². The van der Waals surface area contributed by atoms with Gasteiger partial charge in [-0.1, -0.05) is 15.9 Å². The second-order valence-electron chi connectivity index (χ2n) is 5.04. The standard InChI is InChI=1S/C16H17BrO4/c1-8-5-13(9(2)10(3)15(8)17)20-7-12-6-14(16(18)19)21-11(12)4/h5-6H,7H2,1-4H3,(H,18,19). The van der Waals surface area contributed by atoms with Crippen molar-refractivity contribution in [3.8, 4) is 5.75 Å². The van der Waals surface area contributed by atoms with E-state index in [1.165, 1.54) is 6.07 Å². The molecule has 0 aliphatic carbocycles. The number of halogens is 1. The van der Waals surface area contributed by atoms with E-state index in [0.717, 1.165) is 32.5 Å². The van der Waals surface area contributed by atoms with Gasteiger partial charge in [0.2, 0.25) is 5.76 Å². The summed E-state index contributed by atoms with van der Waals surface area (Å²) in [6.45, 7) is 8.06. The van der Waals surface area contributed by atoms with Gasteiger partial charge in [-0.25, -0.2) is 4.79 Å². The number of carboxylic acids is 1. The Morgan fingerprint density at radius 1 is 1.24 bits per heavy atom. The molecule has 0 atom stereocenters. The Bertz CT molecular complexity index is 701. The average molecular weight is 353 g/mol. The molecule has 2 aromatic rings. The van der Waals surface area contributed by atoms with Crippen LogP contribution >= 0.6 is 15.9 Å². The summed E-state index contributed by atoms with van der Waals surface area (Å²) in [5.74, 6) is 0.225. The second-order valence-corrected chi connectivity index (χ2v) is 5.83. The third-order valence-electron chi connectivity index (χ3n) is 3.57. The number of hydrogen-bond acceptors (Lipinski definition) is 3. The fourth-order valence-electron chi connectivity index (χ4n) is 2.09. The molecule has 0 unspecified atom stereocenters. The quantitative estimate of drug-likeness (QED) is 0.876. The van der Waals surface area contributed by atoms with Crippen molar-refractivity contribution in [3.05, 3.63) is 50.4 Å². The van der Waals surface area contributed by atoms with Crippen LogP contribution in [0.2, 0.25) is 0 Å². The molecule has 0 saturated heterocycles. The molecule has 112 valence electrons. The highest BCUT2D eigenvalue weighted by Gasteiger charge is 2.15. The predicted molar refractivity (Wildman–Crippen MR) is 83.1 cm³/mol. The summed E-state index contributed by atoms with van der Waals surface area (Å²) >= 11 is 3.56. The number of carbonyl (C=O) groups is 1. The first-order valence-electron chi connectivity index (χ1n) is 6.53. The Labute approximate surface area is 131 Å². The molecule has 0 aliphatic rings. The van der Waals surface area contributed by atoms with Crippen molar-refractivity contribution in [1.82, 2.24) is 0 Å². The largest absolute Gasteiger partial charge is 0.488 e. The Balaban J connectivity index is 2.23. The molecule has 5 heteroatoms. The van der Waals surface area contributed by atoms with E-state index in [4.69, 9.17) is 14.3 Å². The first-order valence-corrected chi connectivity index (χ1v) is 7.32. The molecule has 0 bridgehead atoms. The number of rotatable bonds is 4. The van der Waals surface area contributed by atoms with Crippen molar-refractivity contribution in [2.45, 2.75) is 34.3 Å². The van der Waals surface area contributed by atoms with Crippen molar-refractivity contribution < 1.29 is 19.1 Å². The highest BCUT2D eigenvalue weighted by atomic mass is 79.9. The monoisotopic (exact) mass is 352 g/mol. The molecule has 4 nitrogen and oxygen atoms in total. The Hall–Kier alpha value is -1.75. The van der Waals surface area contributed by atoms with Crippen LogP contribution in [0.3, 0.4) is 0 Å². The summed E-state index contributed by atoms with van der Waals surface area (Å²) in [6.07, 6.45) is 0. The molecular formula is C16H17BrO4. The van der Waals surface area contributed by atoms with Crippen molar-refractivity contribution in [1.29, 1.82) is 0 Å². The number of benzene rings is 1. The SMILES string of the molecule is Cc1cc(OCc2cc(C(=O)O)oc2C)c(C)c(C)c1Br. The van der Waals surface area contributed by atoms with E-state index in [1.807, 2.05) is 26.8 Å². The molecule has 2 rings (SSSR count). The predicted octanol–water partition coefficient (Wildman–Crippen LogP) is 4.55. The molecule has 0 aliphatic heterocycles. The lowest BCUT2D eigenvalue weighted by atomic mass is 10.1. The zero-order valence-electron chi connectivity index (χ0n) is 12.4. The minimum Gasteiger partial charge on any atom is -0.488 e. The number of furan rings is 1. The van der Waals surface area contributed by atoms with Crippen LogP contribution in [0.5, 0.6) is 5.75 Å². The first-order chi connectivity index (χ1) is 9.81. The highest BCUT2D eigenvalue weighted by molar-refractivity contribution is 9.10. The summed E-state index contributed by atoms with van der Waals surface area (Å²) in [5.41, 5.74) is 4.04. The highest BCUT2D eigenvalue weighted by Crippen LogP contribution is 2.32. The number of aryl methyl sites for hydroxylation is 2. The summed E-state index contributed by atoms with van der Waals surface area (Å²) in [4.78, 5) is 10.9. The zero-order chi connectivity index (χ0) is 15.7. The van der Waals surface area contributed by atoms with E-state index in [1.54, 1.807) is 6.92 Å². The summed E-state index contributed by atoms with van der Waals surface area (Å²) in [6, 6.07) is 3.48. The smallest absolute Gasteiger partial charge is 0.371 e. The lowest BCUT2D eigenvalue weighted by Gasteiger charge is -2.14. The Kier molecular flexibility index (Phi) is 4.42. The minimum absolute atomic E-state index is 0.0639. The summed E-state index contributed by atoms with van der Waals surface area (Å²) in [7, 11) is 0. The Morgan fingerprint density at radius 2 is 1.90 bits per heavy atom. The lowest BCUT2D eigenvalue weighted by Crippen LogP contribution is -2.00. The van der Waals surface area contributed by atoms with E-state index in [-0.39, 0.29) is 12.4 Å². The molecule has 0 spiro atoms. The minimum atomic E-state index is -1.07. The molecular weight excluding hydrogens is 336 g/mol. The van der Waals surface area contributed by atoms with Crippen LogP contribution in [-0.2, 0) is 6.61 Å². The van der Waals surface area contributed by atoms with E-state index < -0.39 is 5.97 Å². The Morgan fingerprint density at radius 3 is 2.48 bits per heavy atom. The van der Waals surface area contributed by atoms with E-state index in [9.17, 15) is 4.79 Å². The molecule has 1 heterocycles. The number of carboxylic acid groups (broad SMARTS) is 1. The van der Waals surface area contributed by atoms with Gasteiger partial charge in [0.05, 0.1) is 0 Å². The van der Waals surface area contributed by atoms with Gasteiger partial charge in [-0.3, -0.25) is 0 Å². The van der Waals surface area contributed by atoms with E-state index >= 15 is 0 Å². The van der Waals surface area contributed by atoms with Gasteiger partial charge in [-0.15, -0.1) is 0 Å². The zero-order valence-corrected chi connectivity index (χ0v) is 14.0. The number of ether oxygens (including phenoxy) is 1. The average Bonchev–Trinajstić information content (AvgIpc) is 2.81. The van der Waals surface area contributed by atoms with Crippen molar-refractivity contribution in [2.75, 3.05) is 0 Å². The molecule has 1 aromatic carbocycles. The summed E-state index contributed by atoms with van der Waals surface area (Å²) < 4.78 is 12.1. The second kappa shape index (κ2) is 5.93. The molecule has 1 N–H and O–H groups in total. The van der Waals surface area contributed by atoms with Crippen LogP contribution in [0.1, 0.15) is 38.6 Å². The van der Waals surface area contributed by atoms with Gasteiger partial charge < -0.3 is 14.3 Å². The van der Waals surface area contributed by atoms with Crippen LogP contribution < -0.4 is 4.74 Å². The number of aromatic carboxylic acids is 1. The van der Waals surface area contributed by atoms with Gasteiger partial charge in [-0.2, -0.15) is 0 Å². The third kappa shape index (κ3) is 3.13. The lowest BCUT2D eigenvalue weighted by molar-refractivity contribution is 0.0661. The molecule has 1 aromatic heterocycles. The molecule has 0 amide bonds. The summed E-state index contributed by atoms with van der Waals surface area (Å²) in [5, 5.41) is 8.92. The fraction of sp³-hybridized carbons (Fsp3) is 0.312. The van der Waals surface area contributed by atoms with Gasteiger partial charge in [0.25, 0.3) is 0 Å². The molecule has 0 radical (unpaired) electrons. The first kappa shape index (κ1) is 15.6. The van der Waals surface area contributed by atoms with Crippen LogP contribution in [-0.4, -0.2) is 11.1 Å². The van der Waals surface area contributed by atoms with Gasteiger partial charge in [-0.05, 0) is 56.5 Å². The fourth-order valence-corrected chi connectivity index (χ4v) is 2.50. The van der Waals surface area contributed by atoms with Crippen LogP contribution in [0, 0.1) is 27.7 Å². The van der Waals surface area contributed by atoms with E-state index in [2.05, 4.69) is 15.9 Å². The maximum Gasteiger partial charge on any atom is 0.371 e. The maximum atomic E-state index is 10.9. The van der Waals surface area contributed by atoms with Crippen molar-refractivity contribution in [3.63, 3.8) is 0 Å². The van der Waals surface area contributed by atoms with Crippen LogP contribution in [0.15, 0.2) is 21.0 Å². The van der Waals surface area contributed by atoms with Crippen LogP contribution in [0.4, 0.5) is 0 Å². The van der Waals surface area contributed by atoms with Gasteiger partial charge in [0.1, 0.15) is 18.1 Å². The van der Waals surface area contributed by atoms with Gasteiger partial charge >= 0.3 is 5.97 Å². The van der Waals surface area contributed by atoms with Crippen molar-refractivity contribution >= 4 is 21.9 Å². The van der Waals surface area contributed by atoms with Crippen LogP contribution in [0.25, 0.3) is 0 Å². The number of hydrogen-bond donors (Lipinski definition) is 1.